The summed E-state index contributed by atoms with van der Waals surface area (Å²) in [7, 11) is 1.69. The molecule has 1 aromatic rings. The Morgan fingerprint density at radius 3 is 2.53 bits per heavy atom. The maximum absolute atomic E-state index is 11.8. The molecule has 0 radical (unpaired) electrons. The number of aromatic nitrogens is 1. The second-order valence-corrected chi connectivity index (χ2v) is 5.82. The first kappa shape index (κ1) is 15.7. The van der Waals surface area contributed by atoms with Crippen molar-refractivity contribution in [2.24, 2.45) is 0 Å². The first-order valence-corrected chi connectivity index (χ1v) is 6.57. The summed E-state index contributed by atoms with van der Waals surface area (Å²) in [4.78, 5) is 17.7. The van der Waals surface area contributed by atoms with Gasteiger partial charge in [0.05, 0.1) is 12.3 Å². The Labute approximate surface area is 114 Å². The number of hydrogen-bond acceptors (Lipinski definition) is 4. The number of nitrogens with zero attached hydrogens (tertiary/aromatic N) is 2. The van der Waals surface area contributed by atoms with E-state index in [1.165, 1.54) is 4.90 Å². The summed E-state index contributed by atoms with van der Waals surface area (Å²) in [5, 5.41) is 8.79. The fourth-order valence-corrected chi connectivity index (χ4v) is 1.67. The molecule has 108 valence electrons. The summed E-state index contributed by atoms with van der Waals surface area (Å²) in [6, 6.07) is 0. The van der Waals surface area contributed by atoms with Crippen LogP contribution in [0.5, 0.6) is 0 Å². The zero-order valence-electron chi connectivity index (χ0n) is 12.5. The molecule has 0 aromatic carbocycles. The molecule has 0 saturated heterocycles. The molecule has 0 atom stereocenters. The van der Waals surface area contributed by atoms with Crippen molar-refractivity contribution < 1.29 is 14.3 Å². The Morgan fingerprint density at radius 2 is 2.05 bits per heavy atom. The molecule has 1 amide bonds. The molecule has 5 heteroatoms. The van der Waals surface area contributed by atoms with Crippen LogP contribution in [0.2, 0.25) is 0 Å². The number of aliphatic hydroxyl groups excluding tert-OH is 1. The van der Waals surface area contributed by atoms with Gasteiger partial charge >= 0.3 is 0 Å². The van der Waals surface area contributed by atoms with Gasteiger partial charge in [0, 0.05) is 31.8 Å². The maximum Gasteiger partial charge on any atom is 0.222 e. The normalized spacial score (nSPS) is 11.7. The van der Waals surface area contributed by atoms with Crippen molar-refractivity contribution >= 4 is 5.91 Å². The quantitative estimate of drug-likeness (QED) is 0.882. The highest BCUT2D eigenvalue weighted by Crippen LogP contribution is 2.24. The van der Waals surface area contributed by atoms with Crippen LogP contribution in [-0.4, -0.2) is 41.1 Å². The van der Waals surface area contributed by atoms with Crippen LogP contribution in [0.1, 0.15) is 44.5 Å². The Hall–Kier alpha value is -1.36. The van der Waals surface area contributed by atoms with Crippen molar-refractivity contribution in [1.82, 2.24) is 9.88 Å². The number of oxazole rings is 1. The van der Waals surface area contributed by atoms with E-state index in [0.29, 0.717) is 25.3 Å². The van der Waals surface area contributed by atoms with Crippen LogP contribution in [0.25, 0.3) is 0 Å². The number of aliphatic hydroxyl groups is 1. The van der Waals surface area contributed by atoms with Crippen molar-refractivity contribution in [3.05, 3.63) is 17.3 Å². The topological polar surface area (TPSA) is 66.6 Å². The maximum atomic E-state index is 11.8. The van der Waals surface area contributed by atoms with Gasteiger partial charge in [0.15, 0.2) is 5.89 Å². The Morgan fingerprint density at radius 1 is 1.42 bits per heavy atom. The molecule has 0 aliphatic carbocycles. The second-order valence-electron chi connectivity index (χ2n) is 5.82. The molecule has 0 aliphatic heterocycles. The van der Waals surface area contributed by atoms with E-state index in [4.69, 9.17) is 9.52 Å². The summed E-state index contributed by atoms with van der Waals surface area (Å²) in [5.41, 5.74) is 0.725. The number of carbonyl (C=O) groups excluding carboxylic acids is 1. The highest BCUT2D eigenvalue weighted by Gasteiger charge is 2.22. The van der Waals surface area contributed by atoms with Crippen molar-refractivity contribution in [2.75, 3.05) is 20.2 Å². The van der Waals surface area contributed by atoms with E-state index in [1.54, 1.807) is 7.05 Å². The number of likely N-dealkylation sites (N-methyl/N-ethyl adjacent to an activating group) is 1. The van der Waals surface area contributed by atoms with Gasteiger partial charge in [-0.3, -0.25) is 4.79 Å². The minimum absolute atomic E-state index is 0.00200. The Bertz CT molecular complexity index is 432. The van der Waals surface area contributed by atoms with Gasteiger partial charge in [-0.15, -0.1) is 0 Å². The molecular weight excluding hydrogens is 244 g/mol. The standard InChI is InChI=1S/C14H24N2O3/c1-10-11(19-13(15-10)14(2,3)4)6-7-12(18)16(5)8-9-17/h17H,6-9H2,1-5H3. The number of aryl methyl sites for hydroxylation is 2. The van der Waals surface area contributed by atoms with Gasteiger partial charge in [0.25, 0.3) is 0 Å². The third kappa shape index (κ3) is 4.35. The van der Waals surface area contributed by atoms with Gasteiger partial charge in [-0.1, -0.05) is 20.8 Å². The minimum Gasteiger partial charge on any atom is -0.445 e. The lowest BCUT2D eigenvalue weighted by Gasteiger charge is -2.15. The van der Waals surface area contributed by atoms with E-state index < -0.39 is 0 Å². The molecule has 5 nitrogen and oxygen atoms in total. The van der Waals surface area contributed by atoms with Crippen LogP contribution in [0.3, 0.4) is 0 Å². The third-order valence-electron chi connectivity index (χ3n) is 2.96. The summed E-state index contributed by atoms with van der Waals surface area (Å²) < 4.78 is 5.74. The monoisotopic (exact) mass is 268 g/mol. The van der Waals surface area contributed by atoms with Gasteiger partial charge in [-0.05, 0) is 6.92 Å². The van der Waals surface area contributed by atoms with Crippen LogP contribution in [0, 0.1) is 6.92 Å². The molecule has 0 bridgehead atoms. The largest absolute Gasteiger partial charge is 0.445 e. The van der Waals surface area contributed by atoms with E-state index in [-0.39, 0.29) is 17.9 Å². The number of hydrogen-bond donors (Lipinski definition) is 1. The van der Waals surface area contributed by atoms with Crippen molar-refractivity contribution in [3.63, 3.8) is 0 Å². The molecule has 0 saturated carbocycles. The van der Waals surface area contributed by atoms with Crippen LogP contribution in [0.15, 0.2) is 4.42 Å². The predicted molar refractivity (Wildman–Crippen MR) is 73.0 cm³/mol. The Kier molecular flexibility index (Phi) is 5.11. The van der Waals surface area contributed by atoms with Gasteiger partial charge in [0.2, 0.25) is 5.91 Å². The number of carbonyl (C=O) groups is 1. The zero-order chi connectivity index (χ0) is 14.6. The summed E-state index contributed by atoms with van der Waals surface area (Å²) in [6.07, 6.45) is 0.916. The van der Waals surface area contributed by atoms with Gasteiger partial charge in [-0.25, -0.2) is 4.98 Å². The van der Waals surface area contributed by atoms with Crippen LogP contribution in [-0.2, 0) is 16.6 Å². The predicted octanol–water partition coefficient (Wildman–Crippen LogP) is 1.66. The summed E-state index contributed by atoms with van der Waals surface area (Å²) >= 11 is 0. The van der Waals surface area contributed by atoms with Crippen LogP contribution >= 0.6 is 0 Å². The number of rotatable bonds is 5. The van der Waals surface area contributed by atoms with E-state index in [2.05, 4.69) is 4.98 Å². The van der Waals surface area contributed by atoms with Crippen LogP contribution in [0.4, 0.5) is 0 Å². The molecule has 1 heterocycles. The molecule has 1 aromatic heterocycles. The molecule has 0 unspecified atom stereocenters. The van der Waals surface area contributed by atoms with E-state index >= 15 is 0 Å². The van der Waals surface area contributed by atoms with Gasteiger partial charge in [0.1, 0.15) is 5.76 Å². The highest BCUT2D eigenvalue weighted by atomic mass is 16.4. The molecule has 0 aliphatic rings. The molecule has 19 heavy (non-hydrogen) atoms. The fourth-order valence-electron chi connectivity index (χ4n) is 1.67. The Balaban J connectivity index is 2.64. The fraction of sp³-hybridized carbons (Fsp3) is 0.714. The molecule has 0 spiro atoms. The van der Waals surface area contributed by atoms with Gasteiger partial charge in [-0.2, -0.15) is 0 Å². The first-order valence-electron chi connectivity index (χ1n) is 6.57. The summed E-state index contributed by atoms with van der Waals surface area (Å²) in [6.45, 7) is 8.38. The van der Waals surface area contributed by atoms with Crippen molar-refractivity contribution in [3.8, 4) is 0 Å². The lowest BCUT2D eigenvalue weighted by atomic mass is 9.97. The minimum atomic E-state index is -0.124. The highest BCUT2D eigenvalue weighted by molar-refractivity contribution is 5.76. The first-order chi connectivity index (χ1) is 8.75. The average molecular weight is 268 g/mol. The SMILES string of the molecule is Cc1nc(C(C)(C)C)oc1CCC(=O)N(C)CCO. The molecule has 1 rings (SSSR count). The summed E-state index contributed by atoms with van der Waals surface area (Å²) in [5.74, 6) is 1.48. The van der Waals surface area contributed by atoms with E-state index in [0.717, 1.165) is 11.5 Å². The lowest BCUT2D eigenvalue weighted by molar-refractivity contribution is -0.130. The van der Waals surface area contributed by atoms with E-state index in [9.17, 15) is 4.79 Å². The van der Waals surface area contributed by atoms with Crippen molar-refractivity contribution in [2.45, 2.75) is 46.0 Å². The number of amides is 1. The lowest BCUT2D eigenvalue weighted by Crippen LogP contribution is -2.29. The molecular formula is C14H24N2O3. The van der Waals surface area contributed by atoms with E-state index in [1.807, 2.05) is 27.7 Å². The van der Waals surface area contributed by atoms with Crippen molar-refractivity contribution in [1.29, 1.82) is 0 Å². The average Bonchev–Trinajstić information content (AvgIpc) is 2.67. The smallest absolute Gasteiger partial charge is 0.222 e. The van der Waals surface area contributed by atoms with Gasteiger partial charge < -0.3 is 14.4 Å². The zero-order valence-corrected chi connectivity index (χ0v) is 12.5. The second kappa shape index (κ2) is 6.19. The third-order valence-corrected chi connectivity index (χ3v) is 2.96. The molecule has 0 fully saturated rings. The molecule has 1 N–H and O–H groups in total. The van der Waals surface area contributed by atoms with Crippen LogP contribution < -0.4 is 0 Å².